The van der Waals surface area contributed by atoms with Crippen molar-refractivity contribution in [2.45, 2.75) is 32.1 Å². The standard InChI is InChI=1S/C21H19ClF8N4O4/c1-4-34(5-2)13(35)9-38-18(37)11-8-10(6-7-12(11)22)31-17(36)15-14(20(25,26)27)16(32-33(15)3)19(23,24)21(28,29)30/h6-8H,4-5,9H2,1-3H3,(H,31,36). The van der Waals surface area contributed by atoms with E-state index in [-0.39, 0.29) is 9.70 Å². The number of hydrogen-bond donors (Lipinski definition) is 1. The van der Waals surface area contributed by atoms with Crippen LogP contribution in [0.1, 0.15) is 46.0 Å². The van der Waals surface area contributed by atoms with Crippen LogP contribution in [0.2, 0.25) is 5.02 Å². The number of aromatic nitrogens is 2. The average molecular weight is 579 g/mol. The molecule has 0 aliphatic heterocycles. The van der Waals surface area contributed by atoms with Gasteiger partial charge in [0.2, 0.25) is 0 Å². The van der Waals surface area contributed by atoms with Crippen LogP contribution in [0, 0.1) is 0 Å². The Morgan fingerprint density at radius 2 is 1.63 bits per heavy atom. The largest absolute Gasteiger partial charge is 0.459 e. The third-order valence-electron chi connectivity index (χ3n) is 5.09. The van der Waals surface area contributed by atoms with Crippen LogP contribution in [0.4, 0.5) is 40.8 Å². The molecular formula is C21H19ClF8N4O4. The van der Waals surface area contributed by atoms with Crippen molar-refractivity contribution in [2.24, 2.45) is 7.05 Å². The number of likely N-dealkylation sites (N-methyl/N-ethyl adjacent to an activating group) is 1. The number of halogens is 9. The topological polar surface area (TPSA) is 93.5 Å². The van der Waals surface area contributed by atoms with Gasteiger partial charge >= 0.3 is 24.2 Å². The van der Waals surface area contributed by atoms with Gasteiger partial charge in [-0.1, -0.05) is 11.6 Å². The van der Waals surface area contributed by atoms with Crippen molar-refractivity contribution in [3.05, 3.63) is 45.7 Å². The molecule has 8 nitrogen and oxygen atoms in total. The van der Waals surface area contributed by atoms with E-state index in [0.29, 0.717) is 20.1 Å². The zero-order valence-corrected chi connectivity index (χ0v) is 20.5. The van der Waals surface area contributed by atoms with Gasteiger partial charge in [0.15, 0.2) is 12.3 Å². The van der Waals surface area contributed by atoms with Crippen molar-refractivity contribution in [2.75, 3.05) is 25.0 Å². The number of hydrogen-bond acceptors (Lipinski definition) is 5. The first-order chi connectivity index (χ1) is 17.4. The van der Waals surface area contributed by atoms with E-state index in [1.807, 2.05) is 5.32 Å². The summed E-state index contributed by atoms with van der Waals surface area (Å²) in [6.07, 6.45) is -12.3. The van der Waals surface area contributed by atoms with Gasteiger partial charge in [-0.05, 0) is 32.0 Å². The molecule has 0 saturated heterocycles. The van der Waals surface area contributed by atoms with Crippen LogP contribution in [-0.2, 0) is 28.7 Å². The molecule has 0 aliphatic rings. The van der Waals surface area contributed by atoms with Gasteiger partial charge in [-0.2, -0.15) is 40.2 Å². The molecule has 17 heteroatoms. The fourth-order valence-corrected chi connectivity index (χ4v) is 3.42. The van der Waals surface area contributed by atoms with Crippen LogP contribution in [0.5, 0.6) is 0 Å². The molecule has 1 heterocycles. The van der Waals surface area contributed by atoms with E-state index in [1.54, 1.807) is 13.8 Å². The number of aryl methyl sites for hydroxylation is 1. The molecule has 0 unspecified atom stereocenters. The lowest BCUT2D eigenvalue weighted by Crippen LogP contribution is -2.36. The fourth-order valence-electron chi connectivity index (χ4n) is 3.23. The number of carbonyl (C=O) groups is 3. The highest BCUT2D eigenvalue weighted by Gasteiger charge is 2.64. The second-order valence-corrected chi connectivity index (χ2v) is 7.96. The predicted molar refractivity (Wildman–Crippen MR) is 116 cm³/mol. The minimum absolute atomic E-state index is 0.0724. The minimum Gasteiger partial charge on any atom is -0.452 e. The number of esters is 1. The number of alkyl halides is 8. The Labute approximate surface area is 214 Å². The van der Waals surface area contributed by atoms with Gasteiger partial charge in [-0.15, -0.1) is 0 Å². The highest BCUT2D eigenvalue weighted by atomic mass is 35.5. The second-order valence-electron chi connectivity index (χ2n) is 7.56. The highest BCUT2D eigenvalue weighted by Crippen LogP contribution is 2.48. The van der Waals surface area contributed by atoms with Crippen LogP contribution in [-0.4, -0.2) is 58.3 Å². The number of rotatable bonds is 8. The lowest BCUT2D eigenvalue weighted by Gasteiger charge is -2.19. The molecule has 0 saturated carbocycles. The number of carbonyl (C=O) groups excluding carboxylic acids is 3. The number of benzene rings is 1. The molecule has 1 aromatic carbocycles. The lowest BCUT2D eigenvalue weighted by atomic mass is 10.1. The summed E-state index contributed by atoms with van der Waals surface area (Å²) >= 11 is 5.92. The molecule has 1 aromatic heterocycles. The second kappa shape index (κ2) is 11.1. The van der Waals surface area contributed by atoms with Crippen molar-refractivity contribution in [3.63, 3.8) is 0 Å². The monoisotopic (exact) mass is 578 g/mol. The van der Waals surface area contributed by atoms with E-state index >= 15 is 0 Å². The van der Waals surface area contributed by atoms with Gasteiger partial charge in [-0.25, -0.2) is 4.79 Å². The van der Waals surface area contributed by atoms with E-state index in [1.165, 1.54) is 4.90 Å². The smallest absolute Gasteiger partial charge is 0.452 e. The van der Waals surface area contributed by atoms with Crippen molar-refractivity contribution in [1.82, 2.24) is 14.7 Å². The molecule has 0 aliphatic carbocycles. The van der Waals surface area contributed by atoms with Crippen LogP contribution in [0.25, 0.3) is 0 Å². The summed E-state index contributed by atoms with van der Waals surface area (Å²) < 4.78 is 112. The number of amides is 2. The Bertz CT molecular complexity index is 1220. The molecule has 2 aromatic rings. The van der Waals surface area contributed by atoms with Gasteiger partial charge in [0.05, 0.1) is 10.6 Å². The zero-order chi connectivity index (χ0) is 29.2. The van der Waals surface area contributed by atoms with E-state index in [0.717, 1.165) is 18.2 Å². The van der Waals surface area contributed by atoms with Gasteiger partial charge in [-0.3, -0.25) is 14.3 Å². The molecule has 0 spiro atoms. The van der Waals surface area contributed by atoms with Crippen LogP contribution < -0.4 is 5.32 Å². The fraction of sp³-hybridized carbons (Fsp3) is 0.429. The van der Waals surface area contributed by atoms with Crippen molar-refractivity contribution >= 4 is 35.1 Å². The Morgan fingerprint density at radius 3 is 2.13 bits per heavy atom. The molecule has 0 radical (unpaired) electrons. The quantitative estimate of drug-likeness (QED) is 0.351. The van der Waals surface area contributed by atoms with Gasteiger partial charge in [0.1, 0.15) is 11.3 Å². The molecule has 210 valence electrons. The molecular weight excluding hydrogens is 560 g/mol. The zero-order valence-electron chi connectivity index (χ0n) is 19.7. The van der Waals surface area contributed by atoms with E-state index in [4.69, 9.17) is 16.3 Å². The molecule has 38 heavy (non-hydrogen) atoms. The maximum atomic E-state index is 13.8. The molecule has 1 N–H and O–H groups in total. The van der Waals surface area contributed by atoms with Gasteiger partial charge in [0.25, 0.3) is 11.8 Å². The number of anilines is 1. The first kappa shape index (κ1) is 30.8. The molecule has 2 rings (SSSR count). The summed E-state index contributed by atoms with van der Waals surface area (Å²) in [5.74, 6) is -9.48. The average Bonchev–Trinajstić information content (AvgIpc) is 3.17. The number of nitrogens with one attached hydrogen (secondary N) is 1. The summed E-state index contributed by atoms with van der Waals surface area (Å²) in [7, 11) is 0.567. The molecule has 2 amide bonds. The minimum atomic E-state index is -6.44. The van der Waals surface area contributed by atoms with Crippen LogP contribution >= 0.6 is 11.6 Å². The van der Waals surface area contributed by atoms with E-state index in [9.17, 15) is 49.5 Å². The third-order valence-corrected chi connectivity index (χ3v) is 5.42. The summed E-state index contributed by atoms with van der Waals surface area (Å²) in [6.45, 7) is 3.37. The number of nitrogens with zero attached hydrogens (tertiary/aromatic N) is 3. The van der Waals surface area contributed by atoms with Crippen LogP contribution in [0.15, 0.2) is 18.2 Å². The molecule has 0 bridgehead atoms. The SMILES string of the molecule is CCN(CC)C(=O)COC(=O)c1cc(NC(=O)c2c(C(F)(F)F)c(C(F)(F)C(F)(F)F)nn2C)ccc1Cl. The summed E-state index contributed by atoms with van der Waals surface area (Å²) in [4.78, 5) is 38.4. The van der Waals surface area contributed by atoms with Crippen LogP contribution in [0.3, 0.4) is 0 Å². The Hall–Kier alpha value is -3.43. The normalized spacial score (nSPS) is 12.3. The van der Waals surface area contributed by atoms with E-state index in [2.05, 4.69) is 5.10 Å². The maximum absolute atomic E-state index is 13.8. The van der Waals surface area contributed by atoms with Crippen molar-refractivity contribution < 1.29 is 54.2 Å². The predicted octanol–water partition coefficient (Wildman–Crippen LogP) is 5.02. The van der Waals surface area contributed by atoms with Crippen molar-refractivity contribution in [1.29, 1.82) is 0 Å². The first-order valence-electron chi connectivity index (χ1n) is 10.5. The highest BCUT2D eigenvalue weighted by molar-refractivity contribution is 6.33. The van der Waals surface area contributed by atoms with Gasteiger partial charge < -0.3 is 15.0 Å². The first-order valence-corrected chi connectivity index (χ1v) is 10.9. The Kier molecular flexibility index (Phi) is 9.02. The maximum Gasteiger partial charge on any atom is 0.459 e. The third kappa shape index (κ3) is 6.34. The van der Waals surface area contributed by atoms with E-state index < -0.39 is 70.9 Å². The summed E-state index contributed by atoms with van der Waals surface area (Å²) in [5, 5.41) is 4.27. The Morgan fingerprint density at radius 1 is 1.05 bits per heavy atom. The number of ether oxygens (including phenoxy) is 1. The van der Waals surface area contributed by atoms with Gasteiger partial charge in [0, 0.05) is 25.8 Å². The molecule has 0 atom stereocenters. The lowest BCUT2D eigenvalue weighted by molar-refractivity contribution is -0.292. The Balaban J connectivity index is 2.41. The summed E-state index contributed by atoms with van der Waals surface area (Å²) in [5.41, 5.74) is -7.78. The van der Waals surface area contributed by atoms with Crippen molar-refractivity contribution in [3.8, 4) is 0 Å². The molecule has 0 fully saturated rings. The summed E-state index contributed by atoms with van der Waals surface area (Å²) in [6, 6.07) is 2.88.